The fourth-order valence-electron chi connectivity index (χ4n) is 3.46. The third-order valence-electron chi connectivity index (χ3n) is 5.14. The van der Waals surface area contributed by atoms with Crippen molar-refractivity contribution in [3.05, 3.63) is 11.6 Å². The number of unbranched alkanes of at least 4 members (excludes halogenated alkanes) is 11. The summed E-state index contributed by atoms with van der Waals surface area (Å²) >= 11 is 0. The van der Waals surface area contributed by atoms with Gasteiger partial charge in [0.2, 0.25) is 0 Å². The molecule has 0 aliphatic carbocycles. The molecule has 1 saturated heterocycles. The van der Waals surface area contributed by atoms with Gasteiger partial charge in [0.1, 0.15) is 0 Å². The lowest BCUT2D eigenvalue weighted by molar-refractivity contribution is -0.156. The number of aliphatic hydroxyl groups is 1. The van der Waals surface area contributed by atoms with Crippen molar-refractivity contribution in [3.63, 3.8) is 0 Å². The van der Waals surface area contributed by atoms with Gasteiger partial charge in [0.25, 0.3) is 0 Å². The number of ether oxygens (including phenoxy) is 2. The van der Waals surface area contributed by atoms with Crippen LogP contribution in [0.4, 0.5) is 0 Å². The van der Waals surface area contributed by atoms with E-state index in [1.54, 1.807) is 0 Å². The highest BCUT2D eigenvalue weighted by Crippen LogP contribution is 2.31. The molecule has 0 spiro atoms. The molecule has 1 unspecified atom stereocenters. The maximum Gasteiger partial charge on any atom is 0.334 e. The molecule has 4 nitrogen and oxygen atoms in total. The molecule has 0 bridgehead atoms. The van der Waals surface area contributed by atoms with Crippen molar-refractivity contribution in [2.45, 2.75) is 103 Å². The molecule has 0 saturated carbocycles. The number of allylic oxidation sites excluding steroid dienone is 1. The second kappa shape index (κ2) is 14.2. The summed E-state index contributed by atoms with van der Waals surface area (Å²) in [5.74, 6) is -0.290. The molecule has 1 aliphatic heterocycles. The zero-order valence-corrected chi connectivity index (χ0v) is 17.1. The zero-order chi connectivity index (χ0) is 19.1. The first-order valence-corrected chi connectivity index (χ1v) is 10.8. The minimum Gasteiger partial charge on any atom is -0.450 e. The summed E-state index contributed by atoms with van der Waals surface area (Å²) in [4.78, 5) is 12.0. The Morgan fingerprint density at radius 2 is 1.58 bits per heavy atom. The Morgan fingerprint density at radius 3 is 2.12 bits per heavy atom. The number of carbonyl (C=O) groups is 1. The van der Waals surface area contributed by atoms with Crippen molar-refractivity contribution in [1.29, 1.82) is 0 Å². The molecule has 152 valence electrons. The molecule has 0 amide bonds. The summed E-state index contributed by atoms with van der Waals surface area (Å²) in [7, 11) is 0. The average molecular weight is 369 g/mol. The lowest BCUT2D eigenvalue weighted by atomic mass is 9.98. The highest BCUT2D eigenvalue weighted by molar-refractivity contribution is 5.91. The van der Waals surface area contributed by atoms with E-state index in [9.17, 15) is 9.90 Å². The van der Waals surface area contributed by atoms with Crippen molar-refractivity contribution >= 4 is 5.97 Å². The Balaban J connectivity index is 2.08. The molecular weight excluding hydrogens is 328 g/mol. The largest absolute Gasteiger partial charge is 0.450 e. The van der Waals surface area contributed by atoms with Crippen LogP contribution in [0.1, 0.15) is 97.3 Å². The van der Waals surface area contributed by atoms with E-state index < -0.39 is 5.60 Å². The molecule has 1 fully saturated rings. The number of hydrogen-bond acceptors (Lipinski definition) is 4. The van der Waals surface area contributed by atoms with Gasteiger partial charge in [-0.3, -0.25) is 0 Å². The van der Waals surface area contributed by atoms with E-state index in [-0.39, 0.29) is 19.2 Å². The molecule has 1 atom stereocenters. The van der Waals surface area contributed by atoms with Crippen LogP contribution in [0, 0.1) is 0 Å². The molecule has 1 aliphatic rings. The summed E-state index contributed by atoms with van der Waals surface area (Å²) in [6.45, 7) is 4.79. The van der Waals surface area contributed by atoms with Gasteiger partial charge in [0, 0.05) is 18.6 Å². The number of hydrogen-bond donors (Lipinski definition) is 1. The Hall–Kier alpha value is -0.870. The molecule has 4 heteroatoms. The fourth-order valence-corrected chi connectivity index (χ4v) is 3.46. The average Bonchev–Trinajstić information content (AvgIpc) is 2.97. The van der Waals surface area contributed by atoms with Crippen LogP contribution in [-0.2, 0) is 14.3 Å². The molecule has 0 radical (unpaired) electrons. The van der Waals surface area contributed by atoms with E-state index in [1.807, 2.05) is 13.0 Å². The quantitative estimate of drug-likeness (QED) is 0.227. The molecule has 1 N–H and O–H groups in total. The molecule has 1 heterocycles. The molecule has 0 aromatic rings. The van der Waals surface area contributed by atoms with Gasteiger partial charge in [-0.1, -0.05) is 77.2 Å². The number of cyclic esters (lactones) is 1. The van der Waals surface area contributed by atoms with Crippen LogP contribution in [0.2, 0.25) is 0 Å². The molecule has 0 aromatic heterocycles. The van der Waals surface area contributed by atoms with Gasteiger partial charge >= 0.3 is 5.97 Å². The monoisotopic (exact) mass is 368 g/mol. The van der Waals surface area contributed by atoms with Crippen molar-refractivity contribution in [2.75, 3.05) is 19.8 Å². The molecule has 1 rings (SSSR count). The van der Waals surface area contributed by atoms with Gasteiger partial charge in [-0.2, -0.15) is 0 Å². The summed E-state index contributed by atoms with van der Waals surface area (Å²) in [5, 5.41) is 9.57. The Kier molecular flexibility index (Phi) is 12.7. The van der Waals surface area contributed by atoms with E-state index in [1.165, 1.54) is 64.2 Å². The first-order valence-electron chi connectivity index (χ1n) is 10.8. The van der Waals surface area contributed by atoms with Gasteiger partial charge in [-0.25, -0.2) is 4.79 Å². The van der Waals surface area contributed by atoms with Gasteiger partial charge in [-0.05, 0) is 19.8 Å². The number of esters is 1. The van der Waals surface area contributed by atoms with Gasteiger partial charge < -0.3 is 14.6 Å². The van der Waals surface area contributed by atoms with Gasteiger partial charge in [0.15, 0.2) is 5.60 Å². The van der Waals surface area contributed by atoms with E-state index in [2.05, 4.69) is 6.92 Å². The fraction of sp³-hybridized carbons (Fsp3) is 0.864. The standard InChI is InChI=1S/C22H40O4/c1-3-5-6-7-8-9-10-11-12-13-14-15-16-20-17-22(18-23,19-25-4-2)26-21(20)24/h16,23H,3-15,17-19H2,1-2H3/b20-16-. The smallest absolute Gasteiger partial charge is 0.334 e. The topological polar surface area (TPSA) is 55.8 Å². The highest BCUT2D eigenvalue weighted by Gasteiger charge is 2.43. The predicted molar refractivity (Wildman–Crippen MR) is 106 cm³/mol. The molecule has 0 aromatic carbocycles. The maximum atomic E-state index is 12.0. The zero-order valence-electron chi connectivity index (χ0n) is 17.1. The van der Waals surface area contributed by atoms with Crippen LogP contribution < -0.4 is 0 Å². The maximum absolute atomic E-state index is 12.0. The van der Waals surface area contributed by atoms with Crippen molar-refractivity contribution in [2.24, 2.45) is 0 Å². The second-order valence-corrected chi connectivity index (χ2v) is 7.60. The molecular formula is C22H40O4. The van der Waals surface area contributed by atoms with Crippen molar-refractivity contribution in [1.82, 2.24) is 0 Å². The second-order valence-electron chi connectivity index (χ2n) is 7.60. The van der Waals surface area contributed by atoms with E-state index in [4.69, 9.17) is 9.47 Å². The van der Waals surface area contributed by atoms with Crippen molar-refractivity contribution < 1.29 is 19.4 Å². The van der Waals surface area contributed by atoms with E-state index in [0.29, 0.717) is 18.6 Å². The lowest BCUT2D eigenvalue weighted by Crippen LogP contribution is -2.38. The van der Waals surface area contributed by atoms with Crippen LogP contribution in [-0.4, -0.2) is 36.5 Å². The third-order valence-corrected chi connectivity index (χ3v) is 5.14. The minimum atomic E-state index is -0.865. The van der Waals surface area contributed by atoms with Crippen LogP contribution in [0.5, 0.6) is 0 Å². The number of aliphatic hydroxyl groups excluding tert-OH is 1. The van der Waals surface area contributed by atoms with Crippen molar-refractivity contribution in [3.8, 4) is 0 Å². The number of carbonyl (C=O) groups excluding carboxylic acids is 1. The van der Waals surface area contributed by atoms with Gasteiger partial charge in [0.05, 0.1) is 13.2 Å². The lowest BCUT2D eigenvalue weighted by Gasteiger charge is -2.24. The Morgan fingerprint density at radius 1 is 1.00 bits per heavy atom. The summed E-state index contributed by atoms with van der Waals surface area (Å²) < 4.78 is 10.7. The van der Waals surface area contributed by atoms with Crippen LogP contribution in [0.25, 0.3) is 0 Å². The Bertz CT molecular complexity index is 405. The first kappa shape index (κ1) is 23.2. The van der Waals surface area contributed by atoms with Crippen LogP contribution in [0.15, 0.2) is 11.6 Å². The van der Waals surface area contributed by atoms with E-state index >= 15 is 0 Å². The SMILES string of the molecule is CCCCCCCCCCCCC/C=C1/CC(CO)(COCC)OC1=O. The minimum absolute atomic E-state index is 0.186. The summed E-state index contributed by atoms with van der Waals surface area (Å²) in [5.41, 5.74) is -0.165. The van der Waals surface area contributed by atoms with Crippen LogP contribution in [0.3, 0.4) is 0 Å². The highest BCUT2D eigenvalue weighted by atomic mass is 16.6. The normalized spacial score (nSPS) is 21.5. The van der Waals surface area contributed by atoms with Gasteiger partial charge in [-0.15, -0.1) is 0 Å². The van der Waals surface area contributed by atoms with E-state index in [0.717, 1.165) is 12.8 Å². The summed E-state index contributed by atoms with van der Waals surface area (Å²) in [6.07, 6.45) is 17.9. The van der Waals surface area contributed by atoms with Crippen LogP contribution >= 0.6 is 0 Å². The summed E-state index contributed by atoms with van der Waals surface area (Å²) in [6, 6.07) is 0. The number of rotatable bonds is 16. The Labute approximate surface area is 160 Å². The first-order chi connectivity index (χ1) is 12.7. The predicted octanol–water partition coefficient (Wildman–Crippen LogP) is 5.33. The third kappa shape index (κ3) is 9.18. The molecule has 26 heavy (non-hydrogen) atoms.